The molecule has 0 saturated heterocycles. The highest BCUT2D eigenvalue weighted by atomic mass is 79.9. The van der Waals surface area contributed by atoms with E-state index >= 15 is 0 Å². The molecule has 1 aromatic heterocycles. The van der Waals surface area contributed by atoms with Crippen molar-refractivity contribution < 1.29 is 5.11 Å². The Kier molecular flexibility index (Phi) is 3.93. The molecule has 4 heteroatoms. The van der Waals surface area contributed by atoms with Crippen molar-refractivity contribution in [1.29, 1.82) is 0 Å². The SMILES string of the molecule is CC(C)(CO)Cc1cc(Br)cnc1Cl. The van der Waals surface area contributed by atoms with E-state index in [0.29, 0.717) is 5.15 Å². The summed E-state index contributed by atoms with van der Waals surface area (Å²) in [6, 6.07) is 1.94. The Labute approximate surface area is 97.4 Å². The van der Waals surface area contributed by atoms with E-state index in [9.17, 15) is 0 Å². The average Bonchev–Trinajstić information content (AvgIpc) is 2.11. The second-order valence-corrected chi connectivity index (χ2v) is 5.38. The number of halogens is 2. The van der Waals surface area contributed by atoms with Crippen LogP contribution in [0.4, 0.5) is 0 Å². The third-order valence-corrected chi connectivity index (χ3v) is 2.75. The van der Waals surface area contributed by atoms with Crippen molar-refractivity contribution in [3.63, 3.8) is 0 Å². The van der Waals surface area contributed by atoms with Gasteiger partial charge in [0.25, 0.3) is 0 Å². The molecule has 0 aliphatic heterocycles. The summed E-state index contributed by atoms with van der Waals surface area (Å²) in [5.74, 6) is 0. The van der Waals surface area contributed by atoms with Crippen LogP contribution in [0.3, 0.4) is 0 Å². The van der Waals surface area contributed by atoms with Gasteiger partial charge in [0, 0.05) is 17.3 Å². The maximum absolute atomic E-state index is 9.14. The third-order valence-electron chi connectivity index (χ3n) is 1.98. The fourth-order valence-corrected chi connectivity index (χ4v) is 1.71. The minimum Gasteiger partial charge on any atom is -0.396 e. The molecule has 2 nitrogen and oxygen atoms in total. The standard InChI is InChI=1S/C10H13BrClNO/c1-10(2,6-14)4-7-3-8(11)5-13-9(7)12/h3,5,14H,4,6H2,1-2H3. The molecule has 1 rings (SSSR count). The lowest BCUT2D eigenvalue weighted by molar-refractivity contribution is 0.159. The van der Waals surface area contributed by atoms with Crippen molar-refractivity contribution in [2.45, 2.75) is 20.3 Å². The molecule has 1 aromatic rings. The summed E-state index contributed by atoms with van der Waals surface area (Å²) < 4.78 is 0.908. The zero-order chi connectivity index (χ0) is 10.8. The maximum atomic E-state index is 9.14. The van der Waals surface area contributed by atoms with E-state index < -0.39 is 0 Å². The van der Waals surface area contributed by atoms with Gasteiger partial charge >= 0.3 is 0 Å². The molecule has 0 amide bonds. The molecular formula is C10H13BrClNO. The van der Waals surface area contributed by atoms with Crippen molar-refractivity contribution in [2.75, 3.05) is 6.61 Å². The lowest BCUT2D eigenvalue weighted by Gasteiger charge is -2.21. The van der Waals surface area contributed by atoms with Gasteiger partial charge in [0.1, 0.15) is 5.15 Å². The van der Waals surface area contributed by atoms with E-state index in [4.69, 9.17) is 16.7 Å². The summed E-state index contributed by atoms with van der Waals surface area (Å²) in [6.07, 6.45) is 2.38. The van der Waals surface area contributed by atoms with Crippen LogP contribution in [0.5, 0.6) is 0 Å². The number of aliphatic hydroxyl groups excluding tert-OH is 1. The monoisotopic (exact) mass is 277 g/mol. The Bertz CT molecular complexity index is 328. The molecule has 0 saturated carbocycles. The zero-order valence-corrected chi connectivity index (χ0v) is 10.6. The lowest BCUT2D eigenvalue weighted by Crippen LogP contribution is -2.20. The highest BCUT2D eigenvalue weighted by Gasteiger charge is 2.19. The number of hydrogen-bond acceptors (Lipinski definition) is 2. The van der Waals surface area contributed by atoms with Gasteiger partial charge in [0.15, 0.2) is 0 Å². The third kappa shape index (κ3) is 3.23. The molecule has 0 aliphatic rings. The summed E-state index contributed by atoms with van der Waals surface area (Å²) in [4.78, 5) is 4.03. The number of aromatic nitrogens is 1. The van der Waals surface area contributed by atoms with E-state index in [2.05, 4.69) is 20.9 Å². The van der Waals surface area contributed by atoms with Gasteiger partial charge in [-0.05, 0) is 39.4 Å². The highest BCUT2D eigenvalue weighted by Crippen LogP contribution is 2.26. The van der Waals surface area contributed by atoms with Crippen LogP contribution in [0, 0.1) is 5.41 Å². The number of hydrogen-bond donors (Lipinski definition) is 1. The number of pyridine rings is 1. The summed E-state index contributed by atoms with van der Waals surface area (Å²) >= 11 is 9.29. The first-order valence-electron chi connectivity index (χ1n) is 4.35. The minimum absolute atomic E-state index is 0.135. The second-order valence-electron chi connectivity index (χ2n) is 4.10. The quantitative estimate of drug-likeness (QED) is 0.862. The van der Waals surface area contributed by atoms with Gasteiger partial charge in [-0.25, -0.2) is 4.98 Å². The molecule has 0 atom stereocenters. The Hall–Kier alpha value is -0.120. The summed E-state index contributed by atoms with van der Waals surface area (Å²) in [6.45, 7) is 4.12. The molecule has 0 aromatic carbocycles. The first kappa shape index (κ1) is 12.0. The molecular weight excluding hydrogens is 265 g/mol. The van der Waals surface area contributed by atoms with E-state index in [1.54, 1.807) is 6.20 Å². The van der Waals surface area contributed by atoms with Crippen molar-refractivity contribution in [1.82, 2.24) is 4.98 Å². The van der Waals surface area contributed by atoms with Gasteiger partial charge in [-0.1, -0.05) is 25.4 Å². The van der Waals surface area contributed by atoms with E-state index in [0.717, 1.165) is 16.5 Å². The largest absolute Gasteiger partial charge is 0.396 e. The van der Waals surface area contributed by atoms with Gasteiger partial charge < -0.3 is 5.11 Å². The van der Waals surface area contributed by atoms with Crippen LogP contribution in [0.2, 0.25) is 5.15 Å². The Balaban J connectivity index is 2.91. The van der Waals surface area contributed by atoms with E-state index in [1.807, 2.05) is 19.9 Å². The predicted molar refractivity (Wildman–Crippen MR) is 61.5 cm³/mol. The van der Waals surface area contributed by atoms with Crippen LogP contribution in [0.15, 0.2) is 16.7 Å². The van der Waals surface area contributed by atoms with Gasteiger partial charge in [-0.15, -0.1) is 0 Å². The molecule has 78 valence electrons. The van der Waals surface area contributed by atoms with Crippen LogP contribution in [-0.2, 0) is 6.42 Å². The Morgan fingerprint density at radius 2 is 2.21 bits per heavy atom. The first-order valence-corrected chi connectivity index (χ1v) is 5.52. The first-order chi connectivity index (χ1) is 6.44. The maximum Gasteiger partial charge on any atom is 0.132 e. The smallest absolute Gasteiger partial charge is 0.132 e. The Morgan fingerprint density at radius 1 is 1.57 bits per heavy atom. The van der Waals surface area contributed by atoms with Gasteiger partial charge in [0.2, 0.25) is 0 Å². The average molecular weight is 279 g/mol. The van der Waals surface area contributed by atoms with Crippen LogP contribution in [0.1, 0.15) is 19.4 Å². The van der Waals surface area contributed by atoms with Crippen LogP contribution >= 0.6 is 27.5 Å². The molecule has 1 N–H and O–H groups in total. The second kappa shape index (κ2) is 4.60. The predicted octanol–water partition coefficient (Wildman–Crippen LogP) is 3.06. The van der Waals surface area contributed by atoms with Crippen molar-refractivity contribution in [3.8, 4) is 0 Å². The fourth-order valence-electron chi connectivity index (χ4n) is 1.16. The molecule has 0 aliphatic carbocycles. The molecule has 0 bridgehead atoms. The van der Waals surface area contributed by atoms with Crippen molar-refractivity contribution >= 4 is 27.5 Å². The fraction of sp³-hybridized carbons (Fsp3) is 0.500. The van der Waals surface area contributed by atoms with Crippen molar-refractivity contribution in [3.05, 3.63) is 27.5 Å². The van der Waals surface area contributed by atoms with Gasteiger partial charge in [-0.2, -0.15) is 0 Å². The molecule has 0 unspecified atom stereocenters. The lowest BCUT2D eigenvalue weighted by atomic mass is 9.87. The van der Waals surface area contributed by atoms with Crippen LogP contribution in [-0.4, -0.2) is 16.7 Å². The number of rotatable bonds is 3. The van der Waals surface area contributed by atoms with E-state index in [-0.39, 0.29) is 12.0 Å². The van der Waals surface area contributed by atoms with Crippen molar-refractivity contribution in [2.24, 2.45) is 5.41 Å². The molecule has 0 radical (unpaired) electrons. The van der Waals surface area contributed by atoms with Gasteiger partial charge in [0.05, 0.1) is 0 Å². The molecule has 1 heterocycles. The van der Waals surface area contributed by atoms with Gasteiger partial charge in [-0.3, -0.25) is 0 Å². The van der Waals surface area contributed by atoms with E-state index in [1.165, 1.54) is 0 Å². The topological polar surface area (TPSA) is 33.1 Å². The van der Waals surface area contributed by atoms with Crippen LogP contribution in [0.25, 0.3) is 0 Å². The normalized spacial score (nSPS) is 11.8. The highest BCUT2D eigenvalue weighted by molar-refractivity contribution is 9.10. The summed E-state index contributed by atoms with van der Waals surface area (Å²) in [5.41, 5.74) is 0.798. The molecule has 0 spiro atoms. The number of aliphatic hydroxyl groups is 1. The number of nitrogens with zero attached hydrogens (tertiary/aromatic N) is 1. The molecule has 14 heavy (non-hydrogen) atoms. The Morgan fingerprint density at radius 3 is 2.79 bits per heavy atom. The van der Waals surface area contributed by atoms with Crippen LogP contribution < -0.4 is 0 Å². The zero-order valence-electron chi connectivity index (χ0n) is 8.22. The minimum atomic E-state index is -0.161. The molecule has 0 fully saturated rings. The summed E-state index contributed by atoms with van der Waals surface area (Å²) in [5, 5.41) is 9.65. The summed E-state index contributed by atoms with van der Waals surface area (Å²) in [7, 11) is 0.